The molecule has 1 radical (unpaired) electrons. The van der Waals surface area contributed by atoms with Crippen LogP contribution in [0.15, 0.2) is 72.3 Å². The fourth-order valence-electron chi connectivity index (χ4n) is 4.80. The van der Waals surface area contributed by atoms with Gasteiger partial charge >= 0.3 is 0 Å². The fourth-order valence-corrected chi connectivity index (χ4v) is 6.12. The van der Waals surface area contributed by atoms with E-state index in [4.69, 9.17) is 0 Å². The molecule has 2 aromatic rings. The number of hydrogen-bond donors (Lipinski definition) is 1. The Morgan fingerprint density at radius 3 is 1.82 bits per heavy atom. The van der Waals surface area contributed by atoms with Crippen LogP contribution in [0.5, 0.6) is 0 Å². The average Bonchev–Trinajstić information content (AvgIpc) is 2.87. The van der Waals surface area contributed by atoms with E-state index >= 15 is 0 Å². The van der Waals surface area contributed by atoms with Gasteiger partial charge in [-0.3, -0.25) is 4.55 Å². The minimum atomic E-state index is -4.72. The van der Waals surface area contributed by atoms with Crippen LogP contribution in [0.3, 0.4) is 0 Å². The first-order valence-electron chi connectivity index (χ1n) is 13.0. The first-order valence-corrected chi connectivity index (χ1v) is 16.2. The summed E-state index contributed by atoms with van der Waals surface area (Å²) in [6.45, 7) is 11.8. The van der Waals surface area contributed by atoms with E-state index in [9.17, 15) is 25.9 Å². The minimum absolute atomic E-state index is 0. The quantitative estimate of drug-likeness (QED) is 0.232. The van der Waals surface area contributed by atoms with Crippen molar-refractivity contribution in [1.29, 1.82) is 0 Å². The topological polar surface area (TPSA) is 118 Å². The maximum atomic E-state index is 11.7. The van der Waals surface area contributed by atoms with Crippen LogP contribution in [0.25, 0.3) is 5.57 Å². The van der Waals surface area contributed by atoms with Gasteiger partial charge in [0.05, 0.1) is 15.9 Å². The predicted octanol–water partition coefficient (Wildman–Crippen LogP) is 4.01. The Hall–Kier alpha value is -1.41. The van der Waals surface area contributed by atoms with Crippen molar-refractivity contribution in [2.24, 2.45) is 0 Å². The van der Waals surface area contributed by atoms with Crippen LogP contribution < -0.4 is 4.90 Å². The summed E-state index contributed by atoms with van der Waals surface area (Å²) >= 11 is 0. The molecule has 211 valence electrons. The number of benzene rings is 2. The van der Waals surface area contributed by atoms with Gasteiger partial charge < -0.3 is 9.45 Å². The van der Waals surface area contributed by atoms with Crippen LogP contribution in [0.2, 0.25) is 0 Å². The third-order valence-electron chi connectivity index (χ3n) is 6.73. The number of hydrogen-bond acceptors (Lipinski definition) is 6. The molecule has 0 bridgehead atoms. The Labute approximate surface area is 281 Å². The van der Waals surface area contributed by atoms with E-state index in [1.165, 1.54) is 12.1 Å². The molecular formula is C29H36KN2O6S2. The Bertz CT molecular complexity index is 1510. The molecule has 0 aromatic heterocycles. The van der Waals surface area contributed by atoms with Gasteiger partial charge in [-0.25, -0.2) is 13.0 Å². The Kier molecular flexibility index (Phi) is 13.2. The van der Waals surface area contributed by atoms with Gasteiger partial charge in [-0.1, -0.05) is 24.3 Å². The van der Waals surface area contributed by atoms with Crippen LogP contribution >= 0.6 is 0 Å². The number of rotatable bonds is 11. The molecule has 0 amide bonds. The van der Waals surface area contributed by atoms with E-state index < -0.39 is 31.7 Å². The zero-order valence-corrected chi connectivity index (χ0v) is 28.5. The summed E-state index contributed by atoms with van der Waals surface area (Å²) < 4.78 is 69.8. The van der Waals surface area contributed by atoms with Crippen molar-refractivity contribution in [2.45, 2.75) is 39.2 Å². The molecule has 0 fully saturated rings. The largest absolute Gasteiger partial charge is 0.748 e. The van der Waals surface area contributed by atoms with Crippen molar-refractivity contribution in [3.63, 3.8) is 0 Å². The Morgan fingerprint density at radius 1 is 0.800 bits per heavy atom. The molecule has 3 rings (SSSR count). The molecule has 0 heterocycles. The molecule has 0 atom stereocenters. The van der Waals surface area contributed by atoms with E-state index in [0.717, 1.165) is 54.3 Å². The summed E-state index contributed by atoms with van der Waals surface area (Å²) in [6, 6.07) is 12.7. The minimum Gasteiger partial charge on any atom is -0.748 e. The van der Waals surface area contributed by atoms with Gasteiger partial charge in [0.25, 0.3) is 10.1 Å². The third kappa shape index (κ3) is 9.57. The van der Waals surface area contributed by atoms with Crippen molar-refractivity contribution in [3.8, 4) is 0 Å². The molecule has 1 N–H and O–H groups in total. The van der Waals surface area contributed by atoms with E-state index in [2.05, 4.69) is 37.2 Å². The summed E-state index contributed by atoms with van der Waals surface area (Å²) in [5, 5.41) is 0. The predicted molar refractivity (Wildman–Crippen MR) is 162 cm³/mol. The Balaban J connectivity index is 0.00000560. The van der Waals surface area contributed by atoms with E-state index in [-0.39, 0.29) is 62.5 Å². The molecule has 0 saturated heterocycles. The smallest absolute Gasteiger partial charge is 0.269 e. The van der Waals surface area contributed by atoms with Gasteiger partial charge in [-0.2, -0.15) is 8.42 Å². The van der Waals surface area contributed by atoms with Crippen molar-refractivity contribution in [2.75, 3.05) is 31.1 Å². The summed E-state index contributed by atoms with van der Waals surface area (Å²) in [4.78, 5) is 2.23. The molecule has 0 aliphatic heterocycles. The molecule has 40 heavy (non-hydrogen) atoms. The summed E-state index contributed by atoms with van der Waals surface area (Å²) in [5.74, 6) is -1.68. The van der Waals surface area contributed by atoms with Gasteiger partial charge in [-0.15, -0.1) is 0 Å². The van der Waals surface area contributed by atoms with Crippen LogP contribution in [0, 0.1) is 0 Å². The van der Waals surface area contributed by atoms with Crippen LogP contribution in [-0.4, -0.2) is 114 Å². The zero-order valence-electron chi connectivity index (χ0n) is 23.8. The SMILES string of the molecule is CCN(CC)c1ccc(C(=C2C=CC(=[N+](CC)CC)C=C2)c2ccc(CS(=O)(=O)O)c(CS(=O)(=O)[O-])c2)cc1.[K]. The molecule has 11 heteroatoms. The third-order valence-corrected chi connectivity index (χ3v) is 8.07. The maximum absolute atomic E-state index is 11.7. The normalized spacial score (nSPS) is 13.2. The maximum Gasteiger partial charge on any atom is 0.269 e. The second-order valence-electron chi connectivity index (χ2n) is 9.23. The van der Waals surface area contributed by atoms with Gasteiger partial charge in [-0.05, 0) is 91.4 Å². The first kappa shape index (κ1) is 34.8. The molecule has 1 aliphatic rings. The fraction of sp³-hybridized carbons (Fsp3) is 0.345. The number of nitrogens with zero attached hydrogens (tertiary/aromatic N) is 2. The van der Waals surface area contributed by atoms with E-state index in [1.54, 1.807) is 6.07 Å². The van der Waals surface area contributed by atoms with Gasteiger partial charge in [0.1, 0.15) is 18.8 Å². The average molecular weight is 612 g/mol. The molecule has 0 unspecified atom stereocenters. The van der Waals surface area contributed by atoms with Crippen molar-refractivity contribution >= 4 is 88.6 Å². The van der Waals surface area contributed by atoms with Crippen molar-refractivity contribution < 1.29 is 30.5 Å². The second kappa shape index (κ2) is 15.2. The van der Waals surface area contributed by atoms with Crippen LogP contribution in [0.1, 0.15) is 49.9 Å². The van der Waals surface area contributed by atoms with E-state index in [1.807, 2.05) is 48.6 Å². The van der Waals surface area contributed by atoms with Crippen molar-refractivity contribution in [3.05, 3.63) is 94.6 Å². The molecule has 0 spiro atoms. The van der Waals surface area contributed by atoms with Crippen LogP contribution in [-0.2, 0) is 31.7 Å². The summed E-state index contributed by atoms with van der Waals surface area (Å²) in [5.41, 5.74) is 5.42. The van der Waals surface area contributed by atoms with Gasteiger partial charge in [0, 0.05) is 82.3 Å². The second-order valence-corrected chi connectivity index (χ2v) is 12.1. The van der Waals surface area contributed by atoms with Crippen molar-refractivity contribution in [1.82, 2.24) is 0 Å². The van der Waals surface area contributed by atoms with Gasteiger partial charge in [0.15, 0.2) is 5.71 Å². The number of anilines is 1. The van der Waals surface area contributed by atoms with Crippen LogP contribution in [0.4, 0.5) is 5.69 Å². The monoisotopic (exact) mass is 611 g/mol. The molecule has 2 aromatic carbocycles. The molecule has 8 nitrogen and oxygen atoms in total. The molecule has 0 saturated carbocycles. The summed E-state index contributed by atoms with van der Waals surface area (Å²) in [7, 11) is -9.16. The zero-order chi connectivity index (χ0) is 28.8. The standard InChI is InChI=1S/C29H36N2O6S2.K/c1-5-30(6-2)27-15-11-22(12-16-27)29(23-13-17-28(18-14-23)31(7-3)8-4)24-9-10-25(20-38(32,33)34)26(19-24)21-39(35,36)37;/h9-19H,5-8,20-21H2,1-4H3,(H-,32,33,34,35,36,37);. The molecule has 1 aliphatic carbocycles. The first-order chi connectivity index (χ1) is 18.4. The van der Waals surface area contributed by atoms with E-state index in [0.29, 0.717) is 5.56 Å². The van der Waals surface area contributed by atoms with Gasteiger partial charge in [0.2, 0.25) is 0 Å². The molecular weight excluding hydrogens is 576 g/mol. The summed E-state index contributed by atoms with van der Waals surface area (Å²) in [6.07, 6.45) is 8.05. The Morgan fingerprint density at radius 2 is 1.35 bits per heavy atom. The number of allylic oxidation sites excluding steroid dienone is 5.